The van der Waals surface area contributed by atoms with E-state index in [0.717, 1.165) is 11.3 Å². The van der Waals surface area contributed by atoms with Gasteiger partial charge in [-0.25, -0.2) is 0 Å². The van der Waals surface area contributed by atoms with Crippen LogP contribution in [0.3, 0.4) is 0 Å². The molecule has 1 fully saturated rings. The third-order valence-corrected chi connectivity index (χ3v) is 4.76. The van der Waals surface area contributed by atoms with Crippen LogP contribution in [0, 0.1) is 6.92 Å². The summed E-state index contributed by atoms with van der Waals surface area (Å²) in [5, 5.41) is 0.677. The van der Waals surface area contributed by atoms with E-state index in [1.165, 1.54) is 5.56 Å². The highest BCUT2D eigenvalue weighted by Crippen LogP contribution is 2.42. The highest BCUT2D eigenvalue weighted by Gasteiger charge is 2.33. The van der Waals surface area contributed by atoms with Crippen molar-refractivity contribution in [1.29, 1.82) is 0 Å². The first-order valence-corrected chi connectivity index (χ1v) is 7.83. The van der Waals surface area contributed by atoms with Gasteiger partial charge in [0.15, 0.2) is 0 Å². The number of carbonyl (C=O) groups excluding carboxylic acids is 1. The van der Waals surface area contributed by atoms with Crippen molar-refractivity contribution in [2.75, 3.05) is 10.7 Å². The van der Waals surface area contributed by atoms with Gasteiger partial charge < -0.3 is 0 Å². The average molecular weight is 304 g/mol. The molecule has 2 aromatic rings. The van der Waals surface area contributed by atoms with Gasteiger partial charge in [0.1, 0.15) is 5.37 Å². The number of anilines is 1. The second kappa shape index (κ2) is 5.51. The lowest BCUT2D eigenvalue weighted by Gasteiger charge is -2.24. The van der Waals surface area contributed by atoms with Crippen LogP contribution in [0.1, 0.15) is 16.5 Å². The molecule has 2 aromatic carbocycles. The Bertz CT molecular complexity index is 641. The summed E-state index contributed by atoms with van der Waals surface area (Å²) in [5.41, 5.74) is 3.22. The summed E-state index contributed by atoms with van der Waals surface area (Å²) in [5.74, 6) is 0.633. The van der Waals surface area contributed by atoms with Gasteiger partial charge in [0.25, 0.3) is 0 Å². The molecule has 0 aromatic heterocycles. The molecule has 0 bridgehead atoms. The van der Waals surface area contributed by atoms with Crippen molar-refractivity contribution in [2.45, 2.75) is 12.3 Å². The van der Waals surface area contributed by atoms with Gasteiger partial charge in [-0.3, -0.25) is 9.69 Å². The molecular weight excluding hydrogens is 290 g/mol. The van der Waals surface area contributed by atoms with Gasteiger partial charge in [-0.15, -0.1) is 11.8 Å². The fraction of sp³-hybridized carbons (Fsp3) is 0.188. The number of carbonyl (C=O) groups is 1. The highest BCUT2D eigenvalue weighted by molar-refractivity contribution is 8.00. The Labute approximate surface area is 127 Å². The maximum Gasteiger partial charge on any atom is 0.238 e. The Hall–Kier alpha value is -1.45. The molecule has 102 valence electrons. The largest absolute Gasteiger partial charge is 0.295 e. The number of hydrogen-bond acceptors (Lipinski definition) is 2. The Morgan fingerprint density at radius 3 is 2.65 bits per heavy atom. The van der Waals surface area contributed by atoms with E-state index >= 15 is 0 Å². The van der Waals surface area contributed by atoms with Gasteiger partial charge in [-0.1, -0.05) is 47.5 Å². The first-order chi connectivity index (χ1) is 9.65. The second-order valence-corrected chi connectivity index (χ2v) is 6.32. The van der Waals surface area contributed by atoms with Gasteiger partial charge in [0.2, 0.25) is 5.91 Å². The number of hydrogen-bond donors (Lipinski definition) is 0. The molecule has 1 aliphatic rings. The minimum absolute atomic E-state index is 0.0292. The van der Waals surface area contributed by atoms with E-state index in [9.17, 15) is 4.79 Å². The quantitative estimate of drug-likeness (QED) is 0.818. The van der Waals surface area contributed by atoms with Gasteiger partial charge in [-0.05, 0) is 30.7 Å². The standard InChI is InChI=1S/C16H14ClNOS/c1-11-5-7-12(8-6-11)16-18(15(19)10-20-16)14-4-2-3-13(17)9-14/h2-9,16H,10H2,1H3/t16-/m1/s1. The Kier molecular flexibility index (Phi) is 3.72. The molecule has 1 heterocycles. The minimum Gasteiger partial charge on any atom is -0.295 e. The summed E-state index contributed by atoms with van der Waals surface area (Å²) < 4.78 is 0. The van der Waals surface area contributed by atoms with Crippen molar-refractivity contribution in [1.82, 2.24) is 0 Å². The van der Waals surface area contributed by atoms with Crippen molar-refractivity contribution in [3.63, 3.8) is 0 Å². The van der Waals surface area contributed by atoms with Crippen LogP contribution < -0.4 is 4.90 Å². The molecule has 4 heteroatoms. The zero-order valence-electron chi connectivity index (χ0n) is 11.0. The molecule has 1 atom stereocenters. The maximum atomic E-state index is 12.2. The molecule has 20 heavy (non-hydrogen) atoms. The van der Waals surface area contributed by atoms with E-state index in [1.807, 2.05) is 29.2 Å². The minimum atomic E-state index is 0.0292. The van der Waals surface area contributed by atoms with Gasteiger partial charge in [-0.2, -0.15) is 0 Å². The van der Waals surface area contributed by atoms with E-state index in [0.29, 0.717) is 10.8 Å². The second-order valence-electron chi connectivity index (χ2n) is 4.82. The lowest BCUT2D eigenvalue weighted by molar-refractivity contribution is -0.115. The molecule has 0 unspecified atom stereocenters. The van der Waals surface area contributed by atoms with Crippen LogP contribution in [0.5, 0.6) is 0 Å². The predicted molar refractivity (Wildman–Crippen MR) is 85.3 cm³/mol. The average Bonchev–Trinajstić information content (AvgIpc) is 2.81. The summed E-state index contributed by atoms with van der Waals surface area (Å²) in [4.78, 5) is 14.0. The fourth-order valence-electron chi connectivity index (χ4n) is 2.31. The number of nitrogens with zero attached hydrogens (tertiary/aromatic N) is 1. The summed E-state index contributed by atoms with van der Waals surface area (Å²) in [6.45, 7) is 2.06. The highest BCUT2D eigenvalue weighted by atomic mass is 35.5. The third kappa shape index (κ3) is 2.56. The number of thioether (sulfide) groups is 1. The van der Waals surface area contributed by atoms with Crippen molar-refractivity contribution in [3.8, 4) is 0 Å². The van der Waals surface area contributed by atoms with Crippen molar-refractivity contribution in [3.05, 3.63) is 64.7 Å². The topological polar surface area (TPSA) is 20.3 Å². The monoisotopic (exact) mass is 303 g/mol. The number of halogens is 1. The Balaban J connectivity index is 1.98. The van der Waals surface area contributed by atoms with Crippen LogP contribution in [-0.2, 0) is 4.79 Å². The fourth-order valence-corrected chi connectivity index (χ4v) is 3.67. The number of benzene rings is 2. The van der Waals surface area contributed by atoms with E-state index in [4.69, 9.17) is 11.6 Å². The molecule has 3 rings (SSSR count). The number of rotatable bonds is 2. The number of aryl methyl sites for hydroxylation is 1. The van der Waals surface area contributed by atoms with Crippen LogP contribution in [0.25, 0.3) is 0 Å². The van der Waals surface area contributed by atoms with Crippen LogP contribution in [0.4, 0.5) is 5.69 Å². The number of amides is 1. The Morgan fingerprint density at radius 1 is 1.20 bits per heavy atom. The smallest absolute Gasteiger partial charge is 0.238 e. The zero-order valence-corrected chi connectivity index (χ0v) is 12.6. The van der Waals surface area contributed by atoms with E-state index in [1.54, 1.807) is 11.8 Å². The van der Waals surface area contributed by atoms with Crippen molar-refractivity contribution < 1.29 is 4.79 Å². The summed E-state index contributed by atoms with van der Waals surface area (Å²) in [6.07, 6.45) is 0. The lowest BCUT2D eigenvalue weighted by atomic mass is 10.1. The molecule has 0 radical (unpaired) electrons. The molecule has 1 amide bonds. The molecule has 0 spiro atoms. The van der Waals surface area contributed by atoms with E-state index in [2.05, 4.69) is 31.2 Å². The molecule has 1 aliphatic heterocycles. The molecule has 0 N–H and O–H groups in total. The van der Waals surface area contributed by atoms with Gasteiger partial charge >= 0.3 is 0 Å². The summed E-state index contributed by atoms with van der Waals surface area (Å²) >= 11 is 7.69. The molecule has 2 nitrogen and oxygen atoms in total. The SMILES string of the molecule is Cc1ccc([C@H]2SCC(=O)N2c2cccc(Cl)c2)cc1. The van der Waals surface area contributed by atoms with Gasteiger partial charge in [0, 0.05) is 10.7 Å². The van der Waals surface area contributed by atoms with Gasteiger partial charge in [0.05, 0.1) is 5.75 Å². The van der Waals surface area contributed by atoms with Crippen LogP contribution in [0.15, 0.2) is 48.5 Å². The summed E-state index contributed by atoms with van der Waals surface area (Å²) in [6, 6.07) is 15.8. The maximum absolute atomic E-state index is 12.2. The molecule has 1 saturated heterocycles. The van der Waals surface area contributed by atoms with Crippen molar-refractivity contribution >= 4 is 35.0 Å². The van der Waals surface area contributed by atoms with Crippen LogP contribution >= 0.6 is 23.4 Å². The van der Waals surface area contributed by atoms with Crippen molar-refractivity contribution in [2.24, 2.45) is 0 Å². The molecule has 0 saturated carbocycles. The first-order valence-electron chi connectivity index (χ1n) is 6.41. The normalized spacial score (nSPS) is 18.6. The van der Waals surface area contributed by atoms with Crippen LogP contribution in [0.2, 0.25) is 5.02 Å². The first kappa shape index (κ1) is 13.5. The van der Waals surface area contributed by atoms with Crippen LogP contribution in [-0.4, -0.2) is 11.7 Å². The molecular formula is C16H14ClNOS. The van der Waals surface area contributed by atoms with E-state index < -0.39 is 0 Å². The predicted octanol–water partition coefficient (Wildman–Crippen LogP) is 4.43. The molecule has 0 aliphatic carbocycles. The lowest BCUT2D eigenvalue weighted by Crippen LogP contribution is -2.27. The Morgan fingerprint density at radius 2 is 1.95 bits per heavy atom. The zero-order chi connectivity index (χ0) is 14.1. The third-order valence-electron chi connectivity index (χ3n) is 3.32. The summed E-state index contributed by atoms with van der Waals surface area (Å²) in [7, 11) is 0. The van der Waals surface area contributed by atoms with E-state index in [-0.39, 0.29) is 11.3 Å².